The van der Waals surface area contributed by atoms with Gasteiger partial charge in [-0.15, -0.1) is 0 Å². The van der Waals surface area contributed by atoms with Gasteiger partial charge in [0.25, 0.3) is 0 Å². The van der Waals surface area contributed by atoms with Crippen molar-refractivity contribution in [2.45, 2.75) is 46.9 Å². The Morgan fingerprint density at radius 2 is 2.14 bits per heavy atom. The molecule has 0 aliphatic rings. The highest BCUT2D eigenvalue weighted by molar-refractivity contribution is 5.37. The van der Waals surface area contributed by atoms with Crippen LogP contribution >= 0.6 is 0 Å². The molecule has 0 aliphatic carbocycles. The Morgan fingerprint density at radius 3 is 2.86 bits per heavy atom. The van der Waals surface area contributed by atoms with Crippen LogP contribution in [0.3, 0.4) is 0 Å². The van der Waals surface area contributed by atoms with E-state index in [-0.39, 0.29) is 0 Å². The van der Waals surface area contributed by atoms with Crippen LogP contribution in [0.1, 0.15) is 37.0 Å². The summed E-state index contributed by atoms with van der Waals surface area (Å²) in [4.78, 5) is 0. The number of hydrogen-bond donors (Lipinski definition) is 1. The maximum Gasteiger partial charge on any atom is 0.124 e. The summed E-state index contributed by atoms with van der Waals surface area (Å²) in [6, 6.07) is 6.34. The minimum atomic E-state index is 0.559. The fourth-order valence-electron chi connectivity index (χ4n) is 2.20. The molecule has 21 heavy (non-hydrogen) atoms. The molecule has 0 unspecified atom stereocenters. The van der Waals surface area contributed by atoms with Crippen LogP contribution in [0.25, 0.3) is 0 Å². The van der Waals surface area contributed by atoms with Crippen LogP contribution in [0.4, 0.5) is 0 Å². The Bertz CT molecular complexity index is 563. The highest BCUT2D eigenvalue weighted by Crippen LogP contribution is 2.21. The van der Waals surface area contributed by atoms with Gasteiger partial charge in [0.05, 0.1) is 6.20 Å². The highest BCUT2D eigenvalue weighted by atomic mass is 16.5. The van der Waals surface area contributed by atoms with E-state index < -0.39 is 0 Å². The summed E-state index contributed by atoms with van der Waals surface area (Å²) < 4.78 is 7.89. The Kier molecular flexibility index (Phi) is 5.81. The normalized spacial score (nSPS) is 10.8. The first kappa shape index (κ1) is 15.6. The van der Waals surface area contributed by atoms with Gasteiger partial charge in [0, 0.05) is 30.4 Å². The lowest BCUT2D eigenvalue weighted by Crippen LogP contribution is -2.14. The summed E-state index contributed by atoms with van der Waals surface area (Å²) in [5.41, 5.74) is 3.57. The van der Waals surface area contributed by atoms with Gasteiger partial charge in [0.2, 0.25) is 0 Å². The van der Waals surface area contributed by atoms with Crippen molar-refractivity contribution in [2.75, 3.05) is 6.54 Å². The smallest absolute Gasteiger partial charge is 0.124 e. The second-order valence-corrected chi connectivity index (χ2v) is 5.28. The first-order valence-corrected chi connectivity index (χ1v) is 7.67. The van der Waals surface area contributed by atoms with Crippen molar-refractivity contribution >= 4 is 0 Å². The molecule has 0 radical (unpaired) electrons. The number of ether oxygens (including phenoxy) is 1. The van der Waals surface area contributed by atoms with Crippen molar-refractivity contribution in [3.8, 4) is 5.75 Å². The number of nitrogens with zero attached hydrogens (tertiary/aromatic N) is 2. The minimum absolute atomic E-state index is 0.559. The Morgan fingerprint density at radius 1 is 1.29 bits per heavy atom. The van der Waals surface area contributed by atoms with Crippen LogP contribution in [0.2, 0.25) is 0 Å². The maximum absolute atomic E-state index is 5.97. The number of aromatic nitrogens is 2. The third-order valence-electron chi connectivity index (χ3n) is 3.36. The zero-order valence-electron chi connectivity index (χ0n) is 13.2. The molecule has 0 bridgehead atoms. The Balaban J connectivity index is 2.00. The SMILES string of the molecule is CCCNCc1cc(C)ccc1OCc1cnn(CC)c1. The molecule has 0 saturated carbocycles. The van der Waals surface area contributed by atoms with Crippen LogP contribution in [-0.2, 0) is 19.7 Å². The van der Waals surface area contributed by atoms with Crippen molar-refractivity contribution in [3.05, 3.63) is 47.3 Å². The average molecular weight is 287 g/mol. The minimum Gasteiger partial charge on any atom is -0.488 e. The van der Waals surface area contributed by atoms with E-state index in [1.807, 2.05) is 17.1 Å². The number of nitrogens with one attached hydrogen (secondary N) is 1. The van der Waals surface area contributed by atoms with E-state index in [9.17, 15) is 0 Å². The number of benzene rings is 1. The molecule has 1 aromatic heterocycles. The summed E-state index contributed by atoms with van der Waals surface area (Å²) in [5.74, 6) is 0.952. The molecule has 4 heteroatoms. The molecular formula is C17H25N3O. The van der Waals surface area contributed by atoms with Gasteiger partial charge < -0.3 is 10.1 Å². The van der Waals surface area contributed by atoms with Gasteiger partial charge in [0.1, 0.15) is 12.4 Å². The molecule has 2 rings (SSSR count). The molecule has 4 nitrogen and oxygen atoms in total. The van der Waals surface area contributed by atoms with Crippen LogP contribution in [0, 0.1) is 6.92 Å². The van der Waals surface area contributed by atoms with Crippen LogP contribution in [0.15, 0.2) is 30.6 Å². The zero-order valence-corrected chi connectivity index (χ0v) is 13.2. The van der Waals surface area contributed by atoms with Crippen molar-refractivity contribution < 1.29 is 4.74 Å². The maximum atomic E-state index is 5.97. The standard InChI is InChI=1S/C17H25N3O/c1-4-8-18-11-16-9-14(3)6-7-17(16)21-13-15-10-19-20(5-2)12-15/h6-7,9-10,12,18H,4-5,8,11,13H2,1-3H3. The van der Waals surface area contributed by atoms with Crippen molar-refractivity contribution in [1.29, 1.82) is 0 Å². The molecule has 0 amide bonds. The van der Waals surface area contributed by atoms with E-state index in [1.165, 1.54) is 11.1 Å². The fourth-order valence-corrected chi connectivity index (χ4v) is 2.20. The zero-order chi connectivity index (χ0) is 15.1. The summed E-state index contributed by atoms with van der Waals surface area (Å²) in [6.45, 7) is 9.68. The van der Waals surface area contributed by atoms with E-state index in [4.69, 9.17) is 4.74 Å². The fraction of sp³-hybridized carbons (Fsp3) is 0.471. The molecule has 1 N–H and O–H groups in total. The molecule has 1 heterocycles. The van der Waals surface area contributed by atoms with Gasteiger partial charge in [0.15, 0.2) is 0 Å². The van der Waals surface area contributed by atoms with Gasteiger partial charge in [-0.3, -0.25) is 4.68 Å². The second-order valence-electron chi connectivity index (χ2n) is 5.28. The van der Waals surface area contributed by atoms with E-state index >= 15 is 0 Å². The van der Waals surface area contributed by atoms with Gasteiger partial charge in [-0.25, -0.2) is 0 Å². The summed E-state index contributed by atoms with van der Waals surface area (Å²) in [7, 11) is 0. The number of aryl methyl sites for hydroxylation is 2. The molecule has 1 aromatic carbocycles. The summed E-state index contributed by atoms with van der Waals surface area (Å²) in [5, 5.41) is 7.70. The second kappa shape index (κ2) is 7.84. The van der Waals surface area contributed by atoms with E-state index in [0.29, 0.717) is 6.61 Å². The van der Waals surface area contributed by atoms with Crippen molar-refractivity contribution in [2.24, 2.45) is 0 Å². The van der Waals surface area contributed by atoms with Crippen molar-refractivity contribution in [1.82, 2.24) is 15.1 Å². The van der Waals surface area contributed by atoms with Gasteiger partial charge in [-0.2, -0.15) is 5.10 Å². The van der Waals surface area contributed by atoms with Crippen LogP contribution in [0.5, 0.6) is 5.75 Å². The molecule has 0 aliphatic heterocycles. The van der Waals surface area contributed by atoms with E-state index in [1.54, 1.807) is 0 Å². The van der Waals surface area contributed by atoms with Crippen LogP contribution in [-0.4, -0.2) is 16.3 Å². The molecule has 0 spiro atoms. The van der Waals surface area contributed by atoms with Gasteiger partial charge >= 0.3 is 0 Å². The first-order valence-electron chi connectivity index (χ1n) is 7.67. The third kappa shape index (κ3) is 4.60. The average Bonchev–Trinajstić information content (AvgIpc) is 2.95. The van der Waals surface area contributed by atoms with Gasteiger partial charge in [-0.05, 0) is 32.9 Å². The highest BCUT2D eigenvalue weighted by Gasteiger charge is 2.05. The molecule has 0 atom stereocenters. The van der Waals surface area contributed by atoms with E-state index in [2.05, 4.69) is 49.4 Å². The van der Waals surface area contributed by atoms with E-state index in [0.717, 1.165) is 37.4 Å². The van der Waals surface area contributed by atoms with Crippen molar-refractivity contribution in [3.63, 3.8) is 0 Å². The monoisotopic (exact) mass is 287 g/mol. The molecular weight excluding hydrogens is 262 g/mol. The largest absolute Gasteiger partial charge is 0.488 e. The molecule has 0 fully saturated rings. The quantitative estimate of drug-likeness (QED) is 0.757. The summed E-state index contributed by atoms with van der Waals surface area (Å²) >= 11 is 0. The Hall–Kier alpha value is -1.81. The van der Waals surface area contributed by atoms with Crippen LogP contribution < -0.4 is 10.1 Å². The predicted octanol–water partition coefficient (Wildman–Crippen LogP) is 3.29. The lowest BCUT2D eigenvalue weighted by Gasteiger charge is -2.12. The molecule has 2 aromatic rings. The lowest BCUT2D eigenvalue weighted by molar-refractivity contribution is 0.302. The molecule has 114 valence electrons. The predicted molar refractivity (Wildman–Crippen MR) is 85.4 cm³/mol. The first-order chi connectivity index (χ1) is 10.2. The van der Waals surface area contributed by atoms with Gasteiger partial charge in [-0.1, -0.05) is 24.6 Å². The third-order valence-corrected chi connectivity index (χ3v) is 3.36. The lowest BCUT2D eigenvalue weighted by atomic mass is 10.1. The Labute approximate surface area is 127 Å². The topological polar surface area (TPSA) is 39.1 Å². The summed E-state index contributed by atoms with van der Waals surface area (Å²) in [6.07, 6.45) is 5.04. The number of hydrogen-bond acceptors (Lipinski definition) is 3. The number of rotatable bonds is 8. The molecule has 0 saturated heterocycles.